The molecule has 0 saturated heterocycles. The van der Waals surface area contributed by atoms with Crippen LogP contribution in [0.4, 0.5) is 0 Å². The van der Waals surface area contributed by atoms with Gasteiger partial charge in [0.2, 0.25) is 0 Å². The predicted molar refractivity (Wildman–Crippen MR) is 73.0 cm³/mol. The van der Waals surface area contributed by atoms with E-state index in [2.05, 4.69) is 25.6 Å². The minimum Gasteiger partial charge on any atom is -0.395 e. The van der Waals surface area contributed by atoms with Gasteiger partial charge in [0.25, 0.3) is 0 Å². The molecule has 0 bridgehead atoms. The molecule has 0 spiro atoms. The Kier molecular flexibility index (Phi) is 9.98. The molecule has 3 heteroatoms. The third kappa shape index (κ3) is 8.08. The summed E-state index contributed by atoms with van der Waals surface area (Å²) in [5.74, 6) is 0. The summed E-state index contributed by atoms with van der Waals surface area (Å²) in [5, 5.41) is 0. The van der Waals surface area contributed by atoms with Crippen molar-refractivity contribution in [2.75, 3.05) is 13.2 Å². The monoisotopic (exact) mass is 244 g/mol. The highest BCUT2D eigenvalue weighted by Crippen LogP contribution is 2.18. The maximum Gasteiger partial charge on any atom is 0.334 e. The van der Waals surface area contributed by atoms with Crippen LogP contribution in [-0.4, -0.2) is 21.8 Å². The van der Waals surface area contributed by atoms with Crippen molar-refractivity contribution in [1.82, 2.24) is 0 Å². The van der Waals surface area contributed by atoms with Crippen molar-refractivity contribution >= 4 is 8.56 Å². The SMILES string of the molecule is CCC=CCCCC[Si](C)(OCC)OCC. The van der Waals surface area contributed by atoms with E-state index in [1.54, 1.807) is 0 Å². The van der Waals surface area contributed by atoms with Crippen LogP contribution < -0.4 is 0 Å². The minimum absolute atomic E-state index is 0.776. The highest BCUT2D eigenvalue weighted by atomic mass is 28.4. The summed E-state index contributed by atoms with van der Waals surface area (Å²) in [6.07, 6.45) is 9.32. The van der Waals surface area contributed by atoms with E-state index in [0.29, 0.717) is 0 Å². The molecule has 0 aromatic heterocycles. The summed E-state index contributed by atoms with van der Waals surface area (Å²) >= 11 is 0. The van der Waals surface area contributed by atoms with Gasteiger partial charge in [0.1, 0.15) is 0 Å². The molecule has 0 aromatic rings. The van der Waals surface area contributed by atoms with Gasteiger partial charge in [-0.2, -0.15) is 0 Å². The highest BCUT2D eigenvalue weighted by molar-refractivity contribution is 6.66. The Labute approximate surface area is 102 Å². The van der Waals surface area contributed by atoms with Gasteiger partial charge in [-0.15, -0.1) is 0 Å². The molecule has 0 atom stereocenters. The van der Waals surface area contributed by atoms with Crippen LogP contribution in [-0.2, 0) is 8.85 Å². The fraction of sp³-hybridized carbons (Fsp3) is 0.846. The molecule has 0 aliphatic heterocycles. The standard InChI is InChI=1S/C13H28O2Si/c1-5-8-9-10-11-12-13-16(4,14-6-2)15-7-3/h8-9H,5-7,10-13H2,1-4H3. The zero-order chi connectivity index (χ0) is 12.3. The van der Waals surface area contributed by atoms with Gasteiger partial charge in [-0.05, 0) is 45.7 Å². The molecule has 0 amide bonds. The van der Waals surface area contributed by atoms with Crippen LogP contribution in [0.3, 0.4) is 0 Å². The first-order valence-electron chi connectivity index (χ1n) is 6.61. The molecule has 96 valence electrons. The molecular weight excluding hydrogens is 216 g/mol. The van der Waals surface area contributed by atoms with E-state index < -0.39 is 8.56 Å². The van der Waals surface area contributed by atoms with Crippen molar-refractivity contribution in [2.45, 2.75) is 59.0 Å². The second-order valence-corrected chi connectivity index (χ2v) is 7.47. The van der Waals surface area contributed by atoms with Crippen molar-refractivity contribution in [2.24, 2.45) is 0 Å². The van der Waals surface area contributed by atoms with Crippen molar-refractivity contribution in [3.05, 3.63) is 12.2 Å². The largest absolute Gasteiger partial charge is 0.395 e. The lowest BCUT2D eigenvalue weighted by molar-refractivity contribution is 0.188. The van der Waals surface area contributed by atoms with Crippen LogP contribution in [0.15, 0.2) is 12.2 Å². The van der Waals surface area contributed by atoms with Crippen molar-refractivity contribution in [3.8, 4) is 0 Å². The Balaban J connectivity index is 3.71. The molecule has 0 fully saturated rings. The van der Waals surface area contributed by atoms with Crippen LogP contribution in [0, 0.1) is 0 Å². The molecule has 16 heavy (non-hydrogen) atoms. The van der Waals surface area contributed by atoms with E-state index in [9.17, 15) is 0 Å². The number of rotatable bonds is 10. The van der Waals surface area contributed by atoms with E-state index in [-0.39, 0.29) is 0 Å². The van der Waals surface area contributed by atoms with Gasteiger partial charge in [-0.25, -0.2) is 0 Å². The second kappa shape index (κ2) is 10.1. The van der Waals surface area contributed by atoms with E-state index >= 15 is 0 Å². The average Bonchev–Trinajstić information content (AvgIpc) is 2.24. The number of allylic oxidation sites excluding steroid dienone is 2. The normalized spacial score (nSPS) is 12.5. The lowest BCUT2D eigenvalue weighted by Gasteiger charge is -2.25. The molecule has 0 radical (unpaired) electrons. The van der Waals surface area contributed by atoms with Gasteiger partial charge in [0, 0.05) is 13.2 Å². The summed E-state index contributed by atoms with van der Waals surface area (Å²) in [4.78, 5) is 0. The van der Waals surface area contributed by atoms with Crippen LogP contribution in [0.5, 0.6) is 0 Å². The van der Waals surface area contributed by atoms with Crippen LogP contribution in [0.2, 0.25) is 12.6 Å². The van der Waals surface area contributed by atoms with Crippen LogP contribution >= 0.6 is 0 Å². The van der Waals surface area contributed by atoms with Gasteiger partial charge in [-0.1, -0.05) is 25.5 Å². The summed E-state index contributed by atoms with van der Waals surface area (Å²) in [7, 11) is -1.84. The first-order chi connectivity index (χ1) is 7.68. The molecule has 0 heterocycles. The zero-order valence-electron chi connectivity index (χ0n) is 11.4. The zero-order valence-corrected chi connectivity index (χ0v) is 12.4. The Morgan fingerprint density at radius 2 is 1.56 bits per heavy atom. The third-order valence-electron chi connectivity index (χ3n) is 2.55. The van der Waals surface area contributed by atoms with Crippen molar-refractivity contribution in [3.63, 3.8) is 0 Å². The lowest BCUT2D eigenvalue weighted by Crippen LogP contribution is -2.38. The highest BCUT2D eigenvalue weighted by Gasteiger charge is 2.29. The molecule has 0 rings (SSSR count). The third-order valence-corrected chi connectivity index (χ3v) is 5.61. The summed E-state index contributed by atoms with van der Waals surface area (Å²) in [5.41, 5.74) is 0. The molecule has 0 saturated carbocycles. The van der Waals surface area contributed by atoms with Crippen LogP contribution in [0.25, 0.3) is 0 Å². The predicted octanol–water partition coefficient (Wildman–Crippen LogP) is 4.27. The van der Waals surface area contributed by atoms with Gasteiger partial charge >= 0.3 is 8.56 Å². The summed E-state index contributed by atoms with van der Waals surface area (Å²) in [6, 6.07) is 1.12. The molecule has 2 nitrogen and oxygen atoms in total. The summed E-state index contributed by atoms with van der Waals surface area (Å²) < 4.78 is 11.6. The smallest absolute Gasteiger partial charge is 0.334 e. The van der Waals surface area contributed by atoms with Gasteiger partial charge in [-0.3, -0.25) is 0 Å². The molecule has 0 aromatic carbocycles. The van der Waals surface area contributed by atoms with Crippen molar-refractivity contribution < 1.29 is 8.85 Å². The Morgan fingerprint density at radius 3 is 2.06 bits per heavy atom. The number of hydrogen-bond acceptors (Lipinski definition) is 2. The second-order valence-electron chi connectivity index (χ2n) is 4.13. The fourth-order valence-corrected chi connectivity index (χ4v) is 4.28. The molecule has 0 unspecified atom stereocenters. The topological polar surface area (TPSA) is 18.5 Å². The Hall–Kier alpha value is -0.123. The van der Waals surface area contributed by atoms with Gasteiger partial charge in [0.05, 0.1) is 0 Å². The number of unbranched alkanes of at least 4 members (excludes halogenated alkanes) is 2. The lowest BCUT2D eigenvalue weighted by atomic mass is 10.2. The number of hydrogen-bond donors (Lipinski definition) is 0. The van der Waals surface area contributed by atoms with E-state index in [1.807, 2.05) is 13.8 Å². The molecular formula is C13H28O2Si. The van der Waals surface area contributed by atoms with Gasteiger partial charge in [0.15, 0.2) is 0 Å². The first kappa shape index (κ1) is 15.9. The quantitative estimate of drug-likeness (QED) is 0.325. The maximum absolute atomic E-state index is 5.80. The minimum atomic E-state index is -1.84. The molecule has 0 N–H and O–H groups in total. The average molecular weight is 244 g/mol. The van der Waals surface area contributed by atoms with Crippen LogP contribution in [0.1, 0.15) is 46.5 Å². The molecule has 0 aliphatic carbocycles. The first-order valence-corrected chi connectivity index (χ1v) is 9.13. The van der Waals surface area contributed by atoms with Gasteiger partial charge < -0.3 is 8.85 Å². The fourth-order valence-electron chi connectivity index (χ4n) is 1.79. The van der Waals surface area contributed by atoms with E-state index in [4.69, 9.17) is 8.85 Å². The van der Waals surface area contributed by atoms with E-state index in [0.717, 1.165) is 25.7 Å². The summed E-state index contributed by atoms with van der Waals surface area (Å²) in [6.45, 7) is 10.0. The Morgan fingerprint density at radius 1 is 0.938 bits per heavy atom. The Bertz CT molecular complexity index is 175. The van der Waals surface area contributed by atoms with E-state index in [1.165, 1.54) is 19.3 Å². The maximum atomic E-state index is 5.80. The van der Waals surface area contributed by atoms with Crippen molar-refractivity contribution in [1.29, 1.82) is 0 Å². The molecule has 0 aliphatic rings.